The predicted molar refractivity (Wildman–Crippen MR) is 75.8 cm³/mol. The summed E-state index contributed by atoms with van der Waals surface area (Å²) >= 11 is 3.07. The monoisotopic (exact) mass is 335 g/mol. The summed E-state index contributed by atoms with van der Waals surface area (Å²) in [6.07, 6.45) is 1.41. The summed E-state index contributed by atoms with van der Waals surface area (Å²) in [5.41, 5.74) is 0.163. The Morgan fingerprint density at radius 3 is 2.85 bits per heavy atom. The molecule has 2 aromatic rings. The van der Waals surface area contributed by atoms with Gasteiger partial charge in [0.25, 0.3) is 5.56 Å². The van der Waals surface area contributed by atoms with Crippen molar-refractivity contribution >= 4 is 15.9 Å². The molecule has 0 bridgehead atoms. The van der Waals surface area contributed by atoms with Gasteiger partial charge in [-0.05, 0) is 33.6 Å². The fraction of sp³-hybridized carbons (Fsp3) is 0.154. The Morgan fingerprint density at radius 2 is 2.20 bits per heavy atom. The average molecular weight is 336 g/mol. The molecule has 0 fully saturated rings. The number of nitriles is 1. The largest absolute Gasteiger partial charge is 0.495 e. The van der Waals surface area contributed by atoms with Gasteiger partial charge in [0.15, 0.2) is 0 Å². The van der Waals surface area contributed by atoms with Crippen LogP contribution in [-0.4, -0.2) is 16.7 Å². The average Bonchev–Trinajstić information content (AvgIpc) is 2.44. The van der Waals surface area contributed by atoms with E-state index < -0.39 is 11.2 Å². The van der Waals surface area contributed by atoms with Gasteiger partial charge in [0.05, 0.1) is 23.7 Å². The van der Waals surface area contributed by atoms with Gasteiger partial charge in [0, 0.05) is 6.20 Å². The first kappa shape index (κ1) is 14.1. The molecule has 20 heavy (non-hydrogen) atoms. The molecule has 0 atom stereocenters. The molecule has 0 aliphatic carbocycles. The fourth-order valence-corrected chi connectivity index (χ4v) is 2.08. The lowest BCUT2D eigenvalue weighted by molar-refractivity contribution is 0.413. The van der Waals surface area contributed by atoms with Crippen LogP contribution in [0.2, 0.25) is 0 Å². The molecule has 0 spiro atoms. The highest BCUT2D eigenvalue weighted by Crippen LogP contribution is 2.19. The van der Waals surface area contributed by atoms with Crippen LogP contribution in [0.15, 0.2) is 38.5 Å². The Morgan fingerprint density at radius 1 is 1.45 bits per heavy atom. The van der Waals surface area contributed by atoms with Crippen LogP contribution in [0, 0.1) is 11.3 Å². The number of H-pyrrole nitrogens is 1. The van der Waals surface area contributed by atoms with E-state index in [1.165, 1.54) is 17.9 Å². The van der Waals surface area contributed by atoms with Crippen molar-refractivity contribution in [2.45, 2.75) is 6.54 Å². The number of aromatic amines is 1. The van der Waals surface area contributed by atoms with Gasteiger partial charge in [-0.3, -0.25) is 14.3 Å². The van der Waals surface area contributed by atoms with E-state index in [1.54, 1.807) is 18.2 Å². The normalized spacial score (nSPS) is 10.1. The van der Waals surface area contributed by atoms with Crippen molar-refractivity contribution < 1.29 is 4.74 Å². The number of methoxy groups -OCH3 is 1. The zero-order valence-corrected chi connectivity index (χ0v) is 12.1. The molecule has 0 saturated carbocycles. The zero-order valence-electron chi connectivity index (χ0n) is 10.5. The Labute approximate surface area is 122 Å². The van der Waals surface area contributed by atoms with Crippen LogP contribution in [0.25, 0.3) is 0 Å². The van der Waals surface area contributed by atoms with Crippen LogP contribution in [0.3, 0.4) is 0 Å². The summed E-state index contributed by atoms with van der Waals surface area (Å²) in [4.78, 5) is 25.1. The first-order valence-corrected chi connectivity index (χ1v) is 6.40. The van der Waals surface area contributed by atoms with E-state index in [0.717, 1.165) is 5.56 Å². The number of ether oxygens (including phenoxy) is 1. The molecule has 2 rings (SSSR count). The standard InChI is InChI=1S/C13H10BrN3O3/c1-20-11-3-2-8(4-9(11)5-15)6-17-7-10(14)12(18)16-13(17)19/h2-4,7H,6H2,1H3,(H,16,18,19). The number of nitrogens with one attached hydrogen (secondary N) is 1. The third-order valence-corrected chi connectivity index (χ3v) is 3.27. The van der Waals surface area contributed by atoms with Crippen molar-refractivity contribution in [2.75, 3.05) is 7.11 Å². The van der Waals surface area contributed by atoms with Crippen LogP contribution in [0.4, 0.5) is 0 Å². The maximum Gasteiger partial charge on any atom is 0.328 e. The molecule has 0 unspecified atom stereocenters. The molecule has 7 heteroatoms. The molecule has 1 aromatic heterocycles. The second-order valence-corrected chi connectivity index (χ2v) is 4.86. The van der Waals surface area contributed by atoms with E-state index in [-0.39, 0.29) is 11.0 Å². The van der Waals surface area contributed by atoms with Crippen molar-refractivity contribution in [3.63, 3.8) is 0 Å². The number of aromatic nitrogens is 2. The SMILES string of the molecule is COc1ccc(Cn2cc(Br)c(=O)[nH]c2=O)cc1C#N. The number of hydrogen-bond donors (Lipinski definition) is 1. The maximum absolute atomic E-state index is 11.7. The molecule has 0 aliphatic rings. The summed E-state index contributed by atoms with van der Waals surface area (Å²) in [6.45, 7) is 0.243. The topological polar surface area (TPSA) is 87.9 Å². The number of nitrogens with zero attached hydrogens (tertiary/aromatic N) is 2. The van der Waals surface area contributed by atoms with Crippen LogP contribution in [0.1, 0.15) is 11.1 Å². The zero-order chi connectivity index (χ0) is 14.7. The van der Waals surface area contributed by atoms with Crippen LogP contribution < -0.4 is 16.0 Å². The molecule has 0 amide bonds. The maximum atomic E-state index is 11.7. The van der Waals surface area contributed by atoms with Crippen LogP contribution in [0.5, 0.6) is 5.75 Å². The lowest BCUT2D eigenvalue weighted by Crippen LogP contribution is -2.30. The van der Waals surface area contributed by atoms with Crippen molar-refractivity contribution in [3.8, 4) is 11.8 Å². The van der Waals surface area contributed by atoms with Crippen molar-refractivity contribution in [1.82, 2.24) is 9.55 Å². The Hall–Kier alpha value is -2.33. The van der Waals surface area contributed by atoms with Crippen LogP contribution >= 0.6 is 15.9 Å². The third-order valence-electron chi connectivity index (χ3n) is 2.70. The molecule has 102 valence electrons. The quantitative estimate of drug-likeness (QED) is 0.913. The number of rotatable bonds is 3. The number of benzene rings is 1. The van der Waals surface area contributed by atoms with E-state index in [0.29, 0.717) is 11.3 Å². The highest BCUT2D eigenvalue weighted by molar-refractivity contribution is 9.10. The minimum atomic E-state index is -0.507. The molecule has 0 saturated heterocycles. The predicted octanol–water partition coefficient (Wildman–Crippen LogP) is 1.23. The summed E-state index contributed by atoms with van der Waals surface area (Å²) in [5, 5.41) is 9.02. The number of halogens is 1. The molecule has 6 nitrogen and oxygen atoms in total. The summed E-state index contributed by atoms with van der Waals surface area (Å²) in [5.74, 6) is 0.478. The Balaban J connectivity index is 2.41. The van der Waals surface area contributed by atoms with Crippen molar-refractivity contribution in [3.05, 3.63) is 60.8 Å². The first-order chi connectivity index (χ1) is 9.55. The van der Waals surface area contributed by atoms with E-state index >= 15 is 0 Å². The fourth-order valence-electron chi connectivity index (χ4n) is 1.74. The molecule has 0 radical (unpaired) electrons. The summed E-state index contributed by atoms with van der Waals surface area (Å²) in [6, 6.07) is 7.09. The Kier molecular flexibility index (Phi) is 4.05. The minimum absolute atomic E-state index is 0.243. The van der Waals surface area contributed by atoms with Gasteiger partial charge in [0.2, 0.25) is 0 Å². The Bertz CT molecular complexity index is 802. The van der Waals surface area contributed by atoms with E-state index in [1.807, 2.05) is 6.07 Å². The van der Waals surface area contributed by atoms with Crippen LogP contribution in [-0.2, 0) is 6.54 Å². The molecule has 1 heterocycles. The third kappa shape index (κ3) is 2.81. The molecular weight excluding hydrogens is 326 g/mol. The smallest absolute Gasteiger partial charge is 0.328 e. The second-order valence-electron chi connectivity index (χ2n) is 4.01. The molecule has 1 aromatic carbocycles. The lowest BCUT2D eigenvalue weighted by Gasteiger charge is -2.08. The van der Waals surface area contributed by atoms with E-state index in [2.05, 4.69) is 20.9 Å². The highest BCUT2D eigenvalue weighted by Gasteiger charge is 2.06. The molecule has 1 N–H and O–H groups in total. The number of hydrogen-bond acceptors (Lipinski definition) is 4. The van der Waals surface area contributed by atoms with Crippen molar-refractivity contribution in [2.24, 2.45) is 0 Å². The van der Waals surface area contributed by atoms with Gasteiger partial charge in [-0.15, -0.1) is 0 Å². The van der Waals surface area contributed by atoms with Gasteiger partial charge in [-0.25, -0.2) is 4.79 Å². The van der Waals surface area contributed by atoms with E-state index in [4.69, 9.17) is 10.00 Å². The summed E-state index contributed by atoms with van der Waals surface area (Å²) in [7, 11) is 1.49. The lowest BCUT2D eigenvalue weighted by atomic mass is 10.1. The van der Waals surface area contributed by atoms with Gasteiger partial charge in [0.1, 0.15) is 11.8 Å². The first-order valence-electron chi connectivity index (χ1n) is 5.61. The molecular formula is C13H10BrN3O3. The van der Waals surface area contributed by atoms with Gasteiger partial charge in [-0.2, -0.15) is 5.26 Å². The van der Waals surface area contributed by atoms with Gasteiger partial charge >= 0.3 is 5.69 Å². The minimum Gasteiger partial charge on any atom is -0.495 e. The van der Waals surface area contributed by atoms with Gasteiger partial charge < -0.3 is 4.74 Å². The summed E-state index contributed by atoms with van der Waals surface area (Å²) < 4.78 is 6.67. The van der Waals surface area contributed by atoms with E-state index in [9.17, 15) is 9.59 Å². The highest BCUT2D eigenvalue weighted by atomic mass is 79.9. The second kappa shape index (κ2) is 5.75. The van der Waals surface area contributed by atoms with Crippen molar-refractivity contribution in [1.29, 1.82) is 5.26 Å². The molecule has 0 aliphatic heterocycles. The van der Waals surface area contributed by atoms with Gasteiger partial charge in [-0.1, -0.05) is 6.07 Å².